The summed E-state index contributed by atoms with van der Waals surface area (Å²) in [5.74, 6) is 0.901. The molecule has 0 unspecified atom stereocenters. The maximum absolute atomic E-state index is 13.6. The summed E-state index contributed by atoms with van der Waals surface area (Å²) in [6, 6.07) is 17.6. The number of nitrogens with zero attached hydrogens (tertiary/aromatic N) is 3. The SMILES string of the molecule is N#Cc1ccc(Nc2nccc(NCCc3ccccc3F)n2)cc1. The minimum atomic E-state index is -0.199. The van der Waals surface area contributed by atoms with Crippen molar-refractivity contribution in [3.8, 4) is 6.07 Å². The summed E-state index contributed by atoms with van der Waals surface area (Å²) >= 11 is 0. The number of rotatable bonds is 6. The molecule has 6 heteroatoms. The molecule has 3 rings (SSSR count). The molecule has 3 aromatic rings. The van der Waals surface area contributed by atoms with E-state index in [9.17, 15) is 4.39 Å². The number of benzene rings is 2. The Labute approximate surface area is 145 Å². The third-order valence-electron chi connectivity index (χ3n) is 3.58. The lowest BCUT2D eigenvalue weighted by molar-refractivity contribution is 0.610. The number of anilines is 3. The van der Waals surface area contributed by atoms with E-state index in [1.165, 1.54) is 6.07 Å². The zero-order valence-corrected chi connectivity index (χ0v) is 13.4. The fourth-order valence-corrected chi connectivity index (χ4v) is 2.30. The van der Waals surface area contributed by atoms with Crippen LogP contribution in [0.1, 0.15) is 11.1 Å². The van der Waals surface area contributed by atoms with Crippen molar-refractivity contribution in [2.75, 3.05) is 17.2 Å². The largest absolute Gasteiger partial charge is 0.370 e. The zero-order chi connectivity index (χ0) is 17.5. The second-order valence-corrected chi connectivity index (χ2v) is 5.35. The Hall–Kier alpha value is -3.46. The third kappa shape index (κ3) is 4.52. The molecule has 0 atom stereocenters. The monoisotopic (exact) mass is 333 g/mol. The molecule has 0 radical (unpaired) electrons. The Bertz CT molecular complexity index is 887. The van der Waals surface area contributed by atoms with E-state index < -0.39 is 0 Å². The van der Waals surface area contributed by atoms with Crippen molar-refractivity contribution in [2.45, 2.75) is 6.42 Å². The van der Waals surface area contributed by atoms with Crippen LogP contribution in [0.4, 0.5) is 21.8 Å². The normalized spacial score (nSPS) is 10.1. The fraction of sp³-hybridized carbons (Fsp3) is 0.105. The second-order valence-electron chi connectivity index (χ2n) is 5.35. The van der Waals surface area contributed by atoms with E-state index in [0.29, 0.717) is 35.9 Å². The van der Waals surface area contributed by atoms with Crippen molar-refractivity contribution in [2.24, 2.45) is 0 Å². The average Bonchev–Trinajstić information content (AvgIpc) is 2.64. The lowest BCUT2D eigenvalue weighted by Crippen LogP contribution is -2.08. The minimum Gasteiger partial charge on any atom is -0.370 e. The first kappa shape index (κ1) is 16.4. The molecule has 0 saturated carbocycles. The molecule has 0 fully saturated rings. The molecule has 0 amide bonds. The van der Waals surface area contributed by atoms with Crippen molar-refractivity contribution < 1.29 is 4.39 Å². The van der Waals surface area contributed by atoms with Crippen molar-refractivity contribution in [3.05, 3.63) is 77.7 Å². The van der Waals surface area contributed by atoms with E-state index in [4.69, 9.17) is 5.26 Å². The molecular weight excluding hydrogens is 317 g/mol. The van der Waals surface area contributed by atoms with Gasteiger partial charge in [0.05, 0.1) is 11.6 Å². The highest BCUT2D eigenvalue weighted by Crippen LogP contribution is 2.15. The molecule has 0 aliphatic rings. The molecule has 0 aliphatic carbocycles. The van der Waals surface area contributed by atoms with Gasteiger partial charge in [0, 0.05) is 18.4 Å². The fourth-order valence-electron chi connectivity index (χ4n) is 2.30. The summed E-state index contributed by atoms with van der Waals surface area (Å²) in [4.78, 5) is 8.54. The summed E-state index contributed by atoms with van der Waals surface area (Å²) in [6.07, 6.45) is 2.21. The molecular formula is C19H16FN5. The third-order valence-corrected chi connectivity index (χ3v) is 3.58. The number of halogens is 1. The van der Waals surface area contributed by atoms with Gasteiger partial charge in [0.25, 0.3) is 0 Å². The molecule has 2 aromatic carbocycles. The highest BCUT2D eigenvalue weighted by Gasteiger charge is 2.03. The minimum absolute atomic E-state index is 0.199. The van der Waals surface area contributed by atoms with Gasteiger partial charge in [0.15, 0.2) is 0 Å². The Morgan fingerprint density at radius 1 is 1.04 bits per heavy atom. The first-order valence-corrected chi connectivity index (χ1v) is 7.82. The summed E-state index contributed by atoms with van der Waals surface area (Å²) in [5, 5.41) is 15.1. The molecule has 1 heterocycles. The Kier molecular flexibility index (Phi) is 5.17. The second kappa shape index (κ2) is 7.88. The van der Waals surface area contributed by atoms with Crippen molar-refractivity contribution in [3.63, 3.8) is 0 Å². The maximum atomic E-state index is 13.6. The van der Waals surface area contributed by atoms with Crippen LogP contribution in [-0.2, 0) is 6.42 Å². The summed E-state index contributed by atoms with van der Waals surface area (Å²) in [5.41, 5.74) is 2.05. The Morgan fingerprint density at radius 3 is 2.60 bits per heavy atom. The van der Waals surface area contributed by atoms with Gasteiger partial charge >= 0.3 is 0 Å². The Morgan fingerprint density at radius 2 is 1.84 bits per heavy atom. The van der Waals surface area contributed by atoms with Crippen LogP contribution in [0.3, 0.4) is 0 Å². The first-order chi connectivity index (χ1) is 12.2. The van der Waals surface area contributed by atoms with Gasteiger partial charge in [-0.2, -0.15) is 10.2 Å². The van der Waals surface area contributed by atoms with E-state index in [1.54, 1.807) is 48.7 Å². The van der Waals surface area contributed by atoms with Gasteiger partial charge in [-0.15, -0.1) is 0 Å². The first-order valence-electron chi connectivity index (χ1n) is 7.82. The van der Waals surface area contributed by atoms with Gasteiger partial charge in [-0.05, 0) is 48.4 Å². The number of hydrogen-bond donors (Lipinski definition) is 2. The highest BCUT2D eigenvalue weighted by molar-refractivity contribution is 5.56. The average molecular weight is 333 g/mol. The van der Waals surface area contributed by atoms with E-state index in [2.05, 4.69) is 26.7 Å². The van der Waals surface area contributed by atoms with Gasteiger partial charge < -0.3 is 10.6 Å². The number of aromatic nitrogens is 2. The van der Waals surface area contributed by atoms with Gasteiger partial charge in [-0.25, -0.2) is 9.37 Å². The topological polar surface area (TPSA) is 73.6 Å². The van der Waals surface area contributed by atoms with Gasteiger partial charge in [0.2, 0.25) is 5.95 Å². The lowest BCUT2D eigenvalue weighted by Gasteiger charge is -2.09. The lowest BCUT2D eigenvalue weighted by atomic mass is 10.1. The van der Waals surface area contributed by atoms with E-state index in [-0.39, 0.29) is 5.82 Å². The molecule has 5 nitrogen and oxygen atoms in total. The van der Waals surface area contributed by atoms with Crippen LogP contribution in [-0.4, -0.2) is 16.5 Å². The van der Waals surface area contributed by atoms with E-state index in [0.717, 1.165) is 5.69 Å². The van der Waals surface area contributed by atoms with Crippen LogP contribution in [0.2, 0.25) is 0 Å². The molecule has 0 bridgehead atoms. The van der Waals surface area contributed by atoms with Crippen LogP contribution >= 0.6 is 0 Å². The van der Waals surface area contributed by atoms with Gasteiger partial charge in [-0.1, -0.05) is 18.2 Å². The Balaban J connectivity index is 1.59. The van der Waals surface area contributed by atoms with Crippen LogP contribution in [0.5, 0.6) is 0 Å². The van der Waals surface area contributed by atoms with Crippen LogP contribution in [0.15, 0.2) is 60.8 Å². The van der Waals surface area contributed by atoms with Gasteiger partial charge in [-0.3, -0.25) is 0 Å². The van der Waals surface area contributed by atoms with Gasteiger partial charge in [0.1, 0.15) is 11.6 Å². The van der Waals surface area contributed by atoms with Crippen LogP contribution in [0.25, 0.3) is 0 Å². The molecule has 0 spiro atoms. The molecule has 2 N–H and O–H groups in total. The van der Waals surface area contributed by atoms with Crippen molar-refractivity contribution in [1.29, 1.82) is 5.26 Å². The number of hydrogen-bond acceptors (Lipinski definition) is 5. The quantitative estimate of drug-likeness (QED) is 0.716. The smallest absolute Gasteiger partial charge is 0.229 e. The predicted molar refractivity (Wildman–Crippen MR) is 95.1 cm³/mol. The molecule has 25 heavy (non-hydrogen) atoms. The predicted octanol–water partition coefficient (Wildman–Crippen LogP) is 3.89. The van der Waals surface area contributed by atoms with E-state index >= 15 is 0 Å². The number of nitrogens with one attached hydrogen (secondary N) is 2. The molecule has 1 aromatic heterocycles. The van der Waals surface area contributed by atoms with Crippen LogP contribution in [0, 0.1) is 17.1 Å². The maximum Gasteiger partial charge on any atom is 0.229 e. The molecule has 124 valence electrons. The molecule has 0 aliphatic heterocycles. The summed E-state index contributed by atoms with van der Waals surface area (Å²) < 4.78 is 13.6. The highest BCUT2D eigenvalue weighted by atomic mass is 19.1. The summed E-state index contributed by atoms with van der Waals surface area (Å²) in [7, 11) is 0. The summed E-state index contributed by atoms with van der Waals surface area (Å²) in [6.45, 7) is 0.564. The van der Waals surface area contributed by atoms with Crippen molar-refractivity contribution in [1.82, 2.24) is 9.97 Å². The standard InChI is InChI=1S/C19H16FN5/c20-17-4-2-1-3-15(17)9-11-22-18-10-12-23-19(25-18)24-16-7-5-14(13-21)6-8-16/h1-8,10,12H,9,11H2,(H2,22,23,24,25). The zero-order valence-electron chi connectivity index (χ0n) is 13.4. The van der Waals surface area contributed by atoms with E-state index in [1.807, 2.05) is 6.07 Å². The molecule has 0 saturated heterocycles. The van der Waals surface area contributed by atoms with Crippen molar-refractivity contribution >= 4 is 17.5 Å². The van der Waals surface area contributed by atoms with Crippen LogP contribution < -0.4 is 10.6 Å². The number of nitriles is 1.